The van der Waals surface area contributed by atoms with Crippen LogP contribution in [0.25, 0.3) is 0 Å². The van der Waals surface area contributed by atoms with Gasteiger partial charge in [-0.25, -0.2) is 9.79 Å². The van der Waals surface area contributed by atoms with Gasteiger partial charge < -0.3 is 19.7 Å². The van der Waals surface area contributed by atoms with Gasteiger partial charge in [-0.15, -0.1) is 0 Å². The van der Waals surface area contributed by atoms with Crippen molar-refractivity contribution < 1.29 is 14.3 Å². The Morgan fingerprint density at radius 3 is 2.46 bits per heavy atom. The second-order valence-electron chi connectivity index (χ2n) is 6.15. The highest BCUT2D eigenvalue weighted by Gasteiger charge is 2.10. The number of hydrogen-bond acceptors (Lipinski definition) is 4. The molecule has 0 aliphatic rings. The smallest absolute Gasteiger partial charge is 0.411 e. The number of ether oxygens (including phenoxy) is 2. The fourth-order valence-electron chi connectivity index (χ4n) is 2.66. The van der Waals surface area contributed by atoms with Crippen LogP contribution >= 0.6 is 0 Å². The van der Waals surface area contributed by atoms with E-state index in [1.807, 2.05) is 62.5 Å². The van der Waals surface area contributed by atoms with Gasteiger partial charge in [0, 0.05) is 31.4 Å². The molecule has 0 bridgehead atoms. The molecule has 0 spiro atoms. The SMILES string of the molecule is CCNC(=NCc1ccc(NC(=O)OC)cc1)N(C)Cc1ccccc1OC. The lowest BCUT2D eigenvalue weighted by atomic mass is 10.2. The highest BCUT2D eigenvalue weighted by Crippen LogP contribution is 2.19. The van der Waals surface area contributed by atoms with Crippen LogP contribution in [0.5, 0.6) is 5.75 Å². The molecule has 0 saturated heterocycles. The molecule has 0 aromatic heterocycles. The van der Waals surface area contributed by atoms with E-state index in [4.69, 9.17) is 9.73 Å². The molecule has 2 aromatic rings. The van der Waals surface area contributed by atoms with Gasteiger partial charge in [0.25, 0.3) is 0 Å². The molecule has 0 heterocycles. The molecular weight excluding hydrogens is 356 g/mol. The second kappa shape index (κ2) is 10.8. The number of para-hydroxylation sites is 1. The quantitative estimate of drug-likeness (QED) is 0.565. The summed E-state index contributed by atoms with van der Waals surface area (Å²) in [5.74, 6) is 1.67. The maximum Gasteiger partial charge on any atom is 0.411 e. The molecular formula is C21H28N4O3. The predicted octanol–water partition coefficient (Wildman–Crippen LogP) is 3.47. The Hall–Kier alpha value is -3.22. The largest absolute Gasteiger partial charge is 0.496 e. The first-order valence-electron chi connectivity index (χ1n) is 9.12. The first-order valence-corrected chi connectivity index (χ1v) is 9.12. The number of benzene rings is 2. The maximum absolute atomic E-state index is 11.2. The van der Waals surface area contributed by atoms with Crippen LogP contribution in [0.1, 0.15) is 18.1 Å². The Labute approximate surface area is 166 Å². The van der Waals surface area contributed by atoms with E-state index in [1.54, 1.807) is 7.11 Å². The summed E-state index contributed by atoms with van der Waals surface area (Å²) in [6, 6.07) is 15.5. The molecule has 0 atom stereocenters. The first-order chi connectivity index (χ1) is 13.6. The zero-order valence-corrected chi connectivity index (χ0v) is 16.9. The van der Waals surface area contributed by atoms with E-state index in [0.717, 1.165) is 29.4 Å². The molecule has 1 amide bonds. The van der Waals surface area contributed by atoms with Gasteiger partial charge in [0.2, 0.25) is 0 Å². The maximum atomic E-state index is 11.2. The minimum atomic E-state index is -0.488. The zero-order chi connectivity index (χ0) is 20.4. The van der Waals surface area contributed by atoms with Crippen LogP contribution in [-0.2, 0) is 17.8 Å². The number of rotatable bonds is 7. The summed E-state index contributed by atoms with van der Waals surface area (Å²) >= 11 is 0. The normalized spacial score (nSPS) is 10.9. The van der Waals surface area contributed by atoms with Crippen LogP contribution in [0.2, 0.25) is 0 Å². The molecule has 0 aliphatic carbocycles. The molecule has 0 fully saturated rings. The molecule has 2 aromatic carbocycles. The van der Waals surface area contributed by atoms with E-state index in [2.05, 4.69) is 20.3 Å². The Balaban J connectivity index is 2.05. The highest BCUT2D eigenvalue weighted by atomic mass is 16.5. The third kappa shape index (κ3) is 6.19. The summed E-state index contributed by atoms with van der Waals surface area (Å²) in [6.07, 6.45) is -0.488. The van der Waals surface area contributed by atoms with Crippen molar-refractivity contribution >= 4 is 17.7 Å². The van der Waals surface area contributed by atoms with E-state index in [0.29, 0.717) is 18.8 Å². The molecule has 0 saturated carbocycles. The molecule has 7 nitrogen and oxygen atoms in total. The summed E-state index contributed by atoms with van der Waals surface area (Å²) in [7, 11) is 5.01. The summed E-state index contributed by atoms with van der Waals surface area (Å²) in [5.41, 5.74) is 2.81. The van der Waals surface area contributed by atoms with Crippen molar-refractivity contribution in [3.05, 3.63) is 59.7 Å². The van der Waals surface area contributed by atoms with E-state index in [-0.39, 0.29) is 0 Å². The summed E-state index contributed by atoms with van der Waals surface area (Å²) in [6.45, 7) is 4.02. The summed E-state index contributed by atoms with van der Waals surface area (Å²) in [5, 5.41) is 5.95. The minimum absolute atomic E-state index is 0.488. The number of nitrogens with one attached hydrogen (secondary N) is 2. The van der Waals surface area contributed by atoms with Crippen molar-refractivity contribution in [3.63, 3.8) is 0 Å². The Morgan fingerprint density at radius 2 is 1.82 bits per heavy atom. The van der Waals surface area contributed by atoms with Crippen LogP contribution < -0.4 is 15.4 Å². The van der Waals surface area contributed by atoms with Gasteiger partial charge in [-0.05, 0) is 30.7 Å². The van der Waals surface area contributed by atoms with Gasteiger partial charge in [-0.2, -0.15) is 0 Å². The van der Waals surface area contributed by atoms with Gasteiger partial charge in [0.05, 0.1) is 20.8 Å². The second-order valence-corrected chi connectivity index (χ2v) is 6.15. The Morgan fingerprint density at radius 1 is 1.11 bits per heavy atom. The molecule has 2 rings (SSSR count). The van der Waals surface area contributed by atoms with Gasteiger partial charge >= 0.3 is 6.09 Å². The van der Waals surface area contributed by atoms with Gasteiger partial charge in [0.15, 0.2) is 5.96 Å². The molecule has 2 N–H and O–H groups in total. The molecule has 150 valence electrons. The molecule has 7 heteroatoms. The lowest BCUT2D eigenvalue weighted by Crippen LogP contribution is -2.38. The number of guanidine groups is 1. The van der Waals surface area contributed by atoms with Crippen LogP contribution in [-0.4, -0.2) is 44.8 Å². The zero-order valence-electron chi connectivity index (χ0n) is 16.9. The van der Waals surface area contributed by atoms with E-state index >= 15 is 0 Å². The number of carbonyl (C=O) groups is 1. The van der Waals surface area contributed by atoms with Crippen molar-refractivity contribution in [2.75, 3.05) is 33.1 Å². The van der Waals surface area contributed by atoms with E-state index < -0.39 is 6.09 Å². The van der Waals surface area contributed by atoms with Crippen LogP contribution in [0.4, 0.5) is 10.5 Å². The van der Waals surface area contributed by atoms with Gasteiger partial charge in [-0.3, -0.25) is 5.32 Å². The molecule has 0 aliphatic heterocycles. The Kier molecular flexibility index (Phi) is 8.14. The number of carbonyl (C=O) groups excluding carboxylic acids is 1. The van der Waals surface area contributed by atoms with Gasteiger partial charge in [-0.1, -0.05) is 30.3 Å². The van der Waals surface area contributed by atoms with E-state index in [9.17, 15) is 4.79 Å². The number of hydrogen-bond donors (Lipinski definition) is 2. The fraction of sp³-hybridized carbons (Fsp3) is 0.333. The summed E-state index contributed by atoms with van der Waals surface area (Å²) < 4.78 is 10.0. The molecule has 0 radical (unpaired) electrons. The monoisotopic (exact) mass is 384 g/mol. The fourth-order valence-corrected chi connectivity index (χ4v) is 2.66. The van der Waals surface area contributed by atoms with Crippen molar-refractivity contribution in [2.45, 2.75) is 20.0 Å². The summed E-state index contributed by atoms with van der Waals surface area (Å²) in [4.78, 5) is 18.0. The number of nitrogens with zero attached hydrogens (tertiary/aromatic N) is 2. The van der Waals surface area contributed by atoms with Gasteiger partial charge in [0.1, 0.15) is 5.75 Å². The molecule has 0 unspecified atom stereocenters. The third-order valence-electron chi connectivity index (χ3n) is 4.09. The van der Waals surface area contributed by atoms with Crippen LogP contribution in [0.3, 0.4) is 0 Å². The predicted molar refractivity (Wildman–Crippen MR) is 112 cm³/mol. The van der Waals surface area contributed by atoms with Crippen LogP contribution in [0, 0.1) is 0 Å². The number of anilines is 1. The lowest BCUT2D eigenvalue weighted by molar-refractivity contribution is 0.187. The van der Waals surface area contributed by atoms with Crippen LogP contribution in [0.15, 0.2) is 53.5 Å². The van der Waals surface area contributed by atoms with Crippen molar-refractivity contribution in [1.82, 2.24) is 10.2 Å². The average Bonchev–Trinajstić information content (AvgIpc) is 2.72. The lowest BCUT2D eigenvalue weighted by Gasteiger charge is -2.23. The standard InChI is InChI=1S/C21H28N4O3/c1-5-22-20(25(2)15-17-8-6-7-9-19(17)27-3)23-14-16-10-12-18(13-11-16)24-21(26)28-4/h6-13H,5,14-15H2,1-4H3,(H,22,23)(H,24,26). The Bertz CT molecular complexity index is 790. The van der Waals surface area contributed by atoms with Crippen molar-refractivity contribution in [1.29, 1.82) is 0 Å². The number of amides is 1. The first kappa shape index (κ1) is 21.1. The van der Waals surface area contributed by atoms with Crippen molar-refractivity contribution in [3.8, 4) is 5.75 Å². The number of aliphatic imine (C=N–C) groups is 1. The van der Waals surface area contributed by atoms with Crippen molar-refractivity contribution in [2.24, 2.45) is 4.99 Å². The topological polar surface area (TPSA) is 75.2 Å². The number of methoxy groups -OCH3 is 2. The average molecular weight is 384 g/mol. The highest BCUT2D eigenvalue weighted by molar-refractivity contribution is 5.84. The minimum Gasteiger partial charge on any atom is -0.496 e. The third-order valence-corrected chi connectivity index (χ3v) is 4.09. The van der Waals surface area contributed by atoms with E-state index in [1.165, 1.54) is 7.11 Å². The molecule has 28 heavy (non-hydrogen) atoms.